The minimum absolute atomic E-state index is 0.0367. The van der Waals surface area contributed by atoms with E-state index in [9.17, 15) is 14.7 Å². The highest BCUT2D eigenvalue weighted by Gasteiger charge is 2.38. The summed E-state index contributed by atoms with van der Waals surface area (Å²) in [4.78, 5) is 25.6. The molecule has 1 aromatic rings. The number of carbonyl (C=O) groups excluding carboxylic acids is 2. The summed E-state index contributed by atoms with van der Waals surface area (Å²) in [6, 6.07) is 5.93. The lowest BCUT2D eigenvalue weighted by Gasteiger charge is -2.21. The molecule has 0 bridgehead atoms. The number of cyclic esters (lactones) is 1. The first-order valence-electron chi connectivity index (χ1n) is 7.74. The van der Waals surface area contributed by atoms with E-state index in [1.54, 1.807) is 24.3 Å². The van der Waals surface area contributed by atoms with Gasteiger partial charge in [-0.1, -0.05) is 12.1 Å². The summed E-state index contributed by atoms with van der Waals surface area (Å²) in [5.41, 5.74) is 0.737. The first kappa shape index (κ1) is 15.6. The third kappa shape index (κ3) is 3.73. The number of benzene rings is 1. The Hall–Kier alpha value is -2.28. The summed E-state index contributed by atoms with van der Waals surface area (Å²) in [5.74, 6) is -0.124. The zero-order valence-electron chi connectivity index (χ0n) is 12.7. The van der Waals surface area contributed by atoms with Gasteiger partial charge in [0.15, 0.2) is 0 Å². The average Bonchev–Trinajstić information content (AvgIpc) is 3.16. The van der Waals surface area contributed by atoms with E-state index in [0.29, 0.717) is 6.54 Å². The molecule has 7 nitrogen and oxygen atoms in total. The summed E-state index contributed by atoms with van der Waals surface area (Å²) in [6.45, 7) is 1.43. The third-order valence-electron chi connectivity index (χ3n) is 4.07. The van der Waals surface area contributed by atoms with Crippen LogP contribution in [0.1, 0.15) is 18.4 Å². The predicted octanol–water partition coefficient (Wildman–Crippen LogP) is 1.01. The van der Waals surface area contributed by atoms with E-state index < -0.39 is 12.1 Å². The molecule has 0 spiro atoms. The molecule has 7 heteroatoms. The van der Waals surface area contributed by atoms with Gasteiger partial charge in [-0.05, 0) is 30.5 Å². The van der Waals surface area contributed by atoms with Gasteiger partial charge in [-0.2, -0.15) is 0 Å². The van der Waals surface area contributed by atoms with Gasteiger partial charge in [0.2, 0.25) is 5.91 Å². The van der Waals surface area contributed by atoms with Crippen LogP contribution >= 0.6 is 0 Å². The maximum atomic E-state index is 12.3. The molecule has 0 radical (unpaired) electrons. The summed E-state index contributed by atoms with van der Waals surface area (Å²) >= 11 is 0. The molecule has 2 atom stereocenters. The molecule has 1 aromatic carbocycles. The van der Waals surface area contributed by atoms with Crippen LogP contribution in [0.4, 0.5) is 4.79 Å². The van der Waals surface area contributed by atoms with Crippen molar-refractivity contribution in [1.29, 1.82) is 0 Å². The van der Waals surface area contributed by atoms with Crippen molar-refractivity contribution in [2.75, 3.05) is 19.8 Å². The number of ether oxygens (including phenoxy) is 2. The maximum Gasteiger partial charge on any atom is 0.410 e. The van der Waals surface area contributed by atoms with Gasteiger partial charge in [0, 0.05) is 13.2 Å². The Bertz CT molecular complexity index is 586. The lowest BCUT2D eigenvalue weighted by Crippen LogP contribution is -2.47. The quantitative estimate of drug-likeness (QED) is 0.845. The van der Waals surface area contributed by atoms with Crippen LogP contribution in [0.15, 0.2) is 24.3 Å². The second-order valence-corrected chi connectivity index (χ2v) is 5.77. The lowest BCUT2D eigenvalue weighted by molar-refractivity contribution is -0.125. The molecular weight excluding hydrogens is 300 g/mol. The Morgan fingerprint density at radius 3 is 3.04 bits per heavy atom. The summed E-state index contributed by atoms with van der Waals surface area (Å²) in [6.07, 6.45) is 1.48. The smallest absolute Gasteiger partial charge is 0.410 e. The maximum absolute atomic E-state index is 12.3. The molecule has 2 fully saturated rings. The molecule has 2 aliphatic heterocycles. The molecule has 2 N–H and O–H groups in total. The summed E-state index contributed by atoms with van der Waals surface area (Å²) < 4.78 is 10.5. The van der Waals surface area contributed by atoms with Crippen molar-refractivity contribution in [2.45, 2.75) is 31.5 Å². The Kier molecular flexibility index (Phi) is 4.66. The highest BCUT2D eigenvalue weighted by Crippen LogP contribution is 2.19. The van der Waals surface area contributed by atoms with Gasteiger partial charge in [0.1, 0.15) is 18.4 Å². The Morgan fingerprint density at radius 1 is 1.43 bits per heavy atom. The van der Waals surface area contributed by atoms with Crippen molar-refractivity contribution < 1.29 is 24.2 Å². The van der Waals surface area contributed by atoms with Gasteiger partial charge in [-0.15, -0.1) is 0 Å². The first-order valence-corrected chi connectivity index (χ1v) is 7.74. The molecule has 2 saturated heterocycles. The van der Waals surface area contributed by atoms with Crippen LogP contribution in [0, 0.1) is 0 Å². The molecule has 124 valence electrons. The van der Waals surface area contributed by atoms with E-state index in [0.717, 1.165) is 25.0 Å². The average molecular weight is 320 g/mol. The van der Waals surface area contributed by atoms with Crippen LogP contribution in [0.2, 0.25) is 0 Å². The van der Waals surface area contributed by atoms with Gasteiger partial charge in [0.05, 0.1) is 12.6 Å². The number of nitrogens with one attached hydrogen (secondary N) is 1. The summed E-state index contributed by atoms with van der Waals surface area (Å²) in [5, 5.41) is 12.3. The fourth-order valence-corrected chi connectivity index (χ4v) is 2.83. The van der Waals surface area contributed by atoms with Crippen molar-refractivity contribution in [1.82, 2.24) is 10.2 Å². The number of rotatable bonds is 5. The highest BCUT2D eigenvalue weighted by atomic mass is 16.6. The second kappa shape index (κ2) is 6.87. The van der Waals surface area contributed by atoms with Crippen molar-refractivity contribution in [2.24, 2.45) is 0 Å². The molecule has 0 aliphatic carbocycles. The fourth-order valence-electron chi connectivity index (χ4n) is 2.83. The van der Waals surface area contributed by atoms with E-state index >= 15 is 0 Å². The molecule has 3 rings (SSSR count). The zero-order chi connectivity index (χ0) is 16.2. The number of phenolic OH excluding ortho intramolecular Hbond substituents is 1. The van der Waals surface area contributed by atoms with E-state index in [4.69, 9.17) is 9.47 Å². The van der Waals surface area contributed by atoms with Crippen LogP contribution < -0.4 is 5.32 Å². The van der Waals surface area contributed by atoms with Gasteiger partial charge < -0.3 is 19.9 Å². The zero-order valence-corrected chi connectivity index (χ0v) is 12.7. The molecule has 2 aliphatic rings. The van der Waals surface area contributed by atoms with Crippen LogP contribution in [0.3, 0.4) is 0 Å². The number of aromatic hydroxyl groups is 1. The topological polar surface area (TPSA) is 88.1 Å². The van der Waals surface area contributed by atoms with Gasteiger partial charge in [-0.3, -0.25) is 9.69 Å². The highest BCUT2D eigenvalue weighted by molar-refractivity contribution is 5.87. The molecule has 0 saturated carbocycles. The molecule has 0 aromatic heterocycles. The third-order valence-corrected chi connectivity index (χ3v) is 4.07. The van der Waals surface area contributed by atoms with Crippen molar-refractivity contribution in [3.63, 3.8) is 0 Å². The number of hydrogen-bond acceptors (Lipinski definition) is 5. The van der Waals surface area contributed by atoms with Crippen molar-refractivity contribution >= 4 is 12.0 Å². The number of phenols is 1. The monoisotopic (exact) mass is 320 g/mol. The number of hydrogen-bond donors (Lipinski definition) is 2. The van der Waals surface area contributed by atoms with Crippen LogP contribution in [-0.2, 0) is 20.8 Å². The van der Waals surface area contributed by atoms with Gasteiger partial charge in [-0.25, -0.2) is 4.79 Å². The van der Waals surface area contributed by atoms with E-state index in [1.807, 2.05) is 0 Å². The van der Waals surface area contributed by atoms with E-state index in [2.05, 4.69) is 5.32 Å². The van der Waals surface area contributed by atoms with Crippen molar-refractivity contribution in [3.05, 3.63) is 29.8 Å². The Labute approximate surface area is 134 Å². The molecular formula is C16H20N2O5. The number of amides is 2. The first-order chi connectivity index (χ1) is 11.1. The largest absolute Gasteiger partial charge is 0.508 e. The molecule has 2 amide bonds. The van der Waals surface area contributed by atoms with Crippen LogP contribution in [0.5, 0.6) is 5.75 Å². The van der Waals surface area contributed by atoms with Crippen LogP contribution in [-0.4, -0.2) is 53.9 Å². The minimum Gasteiger partial charge on any atom is -0.508 e. The number of nitrogens with zero attached hydrogens (tertiary/aromatic N) is 1. The van der Waals surface area contributed by atoms with E-state index in [1.165, 1.54) is 4.90 Å². The lowest BCUT2D eigenvalue weighted by atomic mass is 10.1. The molecule has 1 unspecified atom stereocenters. The van der Waals surface area contributed by atoms with Crippen molar-refractivity contribution in [3.8, 4) is 5.75 Å². The van der Waals surface area contributed by atoms with Gasteiger partial charge in [0.25, 0.3) is 0 Å². The normalized spacial score (nSPS) is 23.8. The number of carbonyl (C=O) groups is 2. The van der Waals surface area contributed by atoms with Gasteiger partial charge >= 0.3 is 6.09 Å². The standard InChI is InChI=1S/C16H20N2O5/c19-12-4-1-3-11(7-12)9-18-14(10-23-16(18)21)15(20)17-8-13-5-2-6-22-13/h1,3-4,7,13-14,19H,2,5-6,8-10H2,(H,17,20)/t13?,14-/m0/s1. The van der Waals surface area contributed by atoms with Crippen LogP contribution in [0.25, 0.3) is 0 Å². The minimum atomic E-state index is -0.661. The SMILES string of the molecule is O=C(NCC1CCCO1)[C@@H]1COC(=O)N1Cc1cccc(O)c1. The summed E-state index contributed by atoms with van der Waals surface area (Å²) in [7, 11) is 0. The fraction of sp³-hybridized carbons (Fsp3) is 0.500. The second-order valence-electron chi connectivity index (χ2n) is 5.77. The molecule has 23 heavy (non-hydrogen) atoms. The molecule has 2 heterocycles. The predicted molar refractivity (Wildman–Crippen MR) is 80.8 cm³/mol. The van der Waals surface area contributed by atoms with E-state index in [-0.39, 0.29) is 30.9 Å². The Balaban J connectivity index is 1.60. The Morgan fingerprint density at radius 2 is 2.30 bits per heavy atom.